The van der Waals surface area contributed by atoms with Crippen LogP contribution in [0, 0.1) is 6.92 Å². The van der Waals surface area contributed by atoms with E-state index in [1.165, 1.54) is 11.8 Å². The number of anilines is 2. The Labute approximate surface area is 359 Å². The van der Waals surface area contributed by atoms with Gasteiger partial charge in [0.25, 0.3) is 11.5 Å². The highest BCUT2D eigenvalue weighted by Gasteiger charge is 2.36. The molecule has 318 valence electrons. The van der Waals surface area contributed by atoms with Gasteiger partial charge in [-0.05, 0) is 48.7 Å². The predicted octanol–water partition coefficient (Wildman–Crippen LogP) is 6.62. The molecule has 0 radical (unpaired) electrons. The van der Waals surface area contributed by atoms with Gasteiger partial charge in [-0.15, -0.1) is 16.4 Å². The van der Waals surface area contributed by atoms with Crippen LogP contribution in [0.2, 0.25) is 5.02 Å². The second-order valence-corrected chi connectivity index (χ2v) is 15.9. The fraction of sp³-hybridized carbons (Fsp3) is 0.286. The molecule has 0 atom stereocenters. The highest BCUT2D eigenvalue weighted by molar-refractivity contribution is 7.17. The summed E-state index contributed by atoms with van der Waals surface area (Å²) in [7, 11) is 0. The molecule has 0 bridgehead atoms. The van der Waals surface area contributed by atoms with Crippen LogP contribution in [0.1, 0.15) is 45.5 Å². The number of aryl methyl sites for hydroxylation is 1. The zero-order valence-corrected chi connectivity index (χ0v) is 34.8. The van der Waals surface area contributed by atoms with Crippen molar-refractivity contribution in [2.45, 2.75) is 46.0 Å². The smallest absolute Gasteiger partial charge is 0.417 e. The first-order valence-electron chi connectivity index (χ1n) is 19.6. The van der Waals surface area contributed by atoms with E-state index in [9.17, 15) is 27.6 Å². The van der Waals surface area contributed by atoms with Crippen LogP contribution in [0.25, 0.3) is 27.4 Å². The van der Waals surface area contributed by atoms with Crippen molar-refractivity contribution in [3.8, 4) is 22.9 Å². The number of amides is 2. The van der Waals surface area contributed by atoms with Crippen LogP contribution in [0.5, 0.6) is 11.5 Å². The minimum Gasteiger partial charge on any atom is -0.493 e. The fourth-order valence-electron chi connectivity index (χ4n) is 7.82. The molecule has 0 saturated carbocycles. The maximum absolute atomic E-state index is 14.6. The third kappa shape index (κ3) is 7.55. The van der Waals surface area contributed by atoms with Crippen molar-refractivity contribution in [1.82, 2.24) is 39.0 Å². The minimum absolute atomic E-state index is 0.0748. The van der Waals surface area contributed by atoms with Gasteiger partial charge in [0.15, 0.2) is 17.3 Å². The van der Waals surface area contributed by atoms with E-state index in [1.807, 2.05) is 54.3 Å². The van der Waals surface area contributed by atoms with E-state index in [2.05, 4.69) is 25.4 Å². The number of carbonyl (C=O) groups excluding carboxylic acids is 2. The number of benzene rings is 3. The molecule has 3 aromatic carbocycles. The molecular formula is C42H36ClF3N10O5S. The summed E-state index contributed by atoms with van der Waals surface area (Å²) in [5.74, 6) is 0.341. The van der Waals surface area contributed by atoms with Gasteiger partial charge in [0.05, 0.1) is 44.5 Å². The number of piperazine rings is 1. The van der Waals surface area contributed by atoms with Crippen molar-refractivity contribution >= 4 is 62.1 Å². The lowest BCUT2D eigenvalue weighted by atomic mass is 10.1. The molecule has 2 aliphatic heterocycles. The number of nitrogens with one attached hydrogen (secondary N) is 1. The van der Waals surface area contributed by atoms with E-state index in [0.29, 0.717) is 30.0 Å². The van der Waals surface area contributed by atoms with Gasteiger partial charge in [-0.3, -0.25) is 14.4 Å². The number of rotatable bonds is 10. The van der Waals surface area contributed by atoms with Gasteiger partial charge in [-0.25, -0.2) is 15.0 Å². The number of fused-ring (bicyclic) bond motifs is 3. The highest BCUT2D eigenvalue weighted by Crippen LogP contribution is 2.43. The van der Waals surface area contributed by atoms with E-state index >= 15 is 0 Å². The van der Waals surface area contributed by atoms with Crippen LogP contribution in [0.15, 0.2) is 71.2 Å². The number of hydrogen-bond donors (Lipinski definition) is 1. The van der Waals surface area contributed by atoms with E-state index in [1.54, 1.807) is 22.5 Å². The largest absolute Gasteiger partial charge is 0.493 e. The molecule has 2 amide bonds. The third-order valence-electron chi connectivity index (χ3n) is 10.8. The summed E-state index contributed by atoms with van der Waals surface area (Å²) in [6, 6.07) is 15.8. The van der Waals surface area contributed by atoms with Crippen LogP contribution in [0.4, 0.5) is 24.5 Å². The SMILES string of the molecule is CCc1c(N2CCN(C(=O)c3ncnc(C)c3OCc3ccccc3)CC2)c(=O)n2nc(-c3ccc4c(c3)CCO4)nc2n1CC(=O)Nc1c(Cl)cc(C(F)(F)F)c2scnc12. The Hall–Kier alpha value is -6.60. The van der Waals surface area contributed by atoms with Gasteiger partial charge in [0.2, 0.25) is 11.7 Å². The van der Waals surface area contributed by atoms with Crippen molar-refractivity contribution in [3.63, 3.8) is 0 Å². The molecule has 6 heterocycles. The Balaban J connectivity index is 1.05. The minimum atomic E-state index is -4.70. The molecule has 15 nitrogen and oxygen atoms in total. The van der Waals surface area contributed by atoms with Gasteiger partial charge in [-0.2, -0.15) is 22.7 Å². The van der Waals surface area contributed by atoms with Crippen LogP contribution < -0.4 is 25.2 Å². The zero-order valence-electron chi connectivity index (χ0n) is 33.2. The molecule has 0 unspecified atom stereocenters. The number of thiazole rings is 1. The van der Waals surface area contributed by atoms with E-state index in [-0.39, 0.29) is 94.8 Å². The van der Waals surface area contributed by atoms with Crippen LogP contribution in [-0.4, -0.2) is 83.6 Å². The second-order valence-electron chi connectivity index (χ2n) is 14.7. The predicted molar refractivity (Wildman–Crippen MR) is 225 cm³/mol. The Bertz CT molecular complexity index is 2950. The fourth-order valence-corrected chi connectivity index (χ4v) is 8.90. The second kappa shape index (κ2) is 16.4. The van der Waals surface area contributed by atoms with Gasteiger partial charge < -0.3 is 29.2 Å². The van der Waals surface area contributed by atoms with E-state index < -0.39 is 29.8 Å². The first-order valence-corrected chi connectivity index (χ1v) is 20.9. The van der Waals surface area contributed by atoms with Crippen molar-refractivity contribution in [1.29, 1.82) is 0 Å². The Morgan fingerprint density at radius 2 is 1.82 bits per heavy atom. The average molecular weight is 885 g/mol. The zero-order chi connectivity index (χ0) is 43.3. The maximum Gasteiger partial charge on any atom is 0.417 e. The molecule has 1 fully saturated rings. The summed E-state index contributed by atoms with van der Waals surface area (Å²) in [5.41, 5.74) is 3.51. The molecular weight excluding hydrogens is 849 g/mol. The van der Waals surface area contributed by atoms with E-state index in [0.717, 1.165) is 38.8 Å². The number of hydrogen-bond acceptors (Lipinski definition) is 12. The van der Waals surface area contributed by atoms with Gasteiger partial charge in [0, 0.05) is 38.2 Å². The number of carbonyl (C=O) groups is 2. The molecule has 0 aliphatic carbocycles. The van der Waals surface area contributed by atoms with Gasteiger partial charge in [-0.1, -0.05) is 48.9 Å². The molecule has 0 spiro atoms. The topological polar surface area (TPSA) is 162 Å². The lowest BCUT2D eigenvalue weighted by molar-refractivity contribution is -0.136. The van der Waals surface area contributed by atoms with Crippen molar-refractivity contribution < 1.29 is 32.2 Å². The van der Waals surface area contributed by atoms with Crippen molar-refractivity contribution in [3.05, 3.63) is 116 Å². The quantitative estimate of drug-likeness (QED) is 0.157. The molecule has 7 aromatic rings. The summed E-state index contributed by atoms with van der Waals surface area (Å²) in [6.07, 6.45) is -2.41. The molecule has 20 heteroatoms. The maximum atomic E-state index is 14.6. The van der Waals surface area contributed by atoms with Gasteiger partial charge >= 0.3 is 6.18 Å². The summed E-state index contributed by atoms with van der Waals surface area (Å²) < 4.78 is 56.0. The Morgan fingerprint density at radius 1 is 1.03 bits per heavy atom. The standard InChI is InChI=1S/C42H36ClF3N10O5S/c1-3-29-35(53-12-14-54(15-13-53)39(58)34-36(23(2)47-21-48-34)61-20-24-7-5-4-6-8-24)40(59)56-41(51-38(52-56)26-9-10-30-25(17-26)11-16-60-30)55(29)19-31(57)50-32-28(43)18-27(42(44,45)46)37-33(32)49-22-62-37/h4-10,17-18,21-22H,3,11-16,19-20H2,1-2H3,(H,50,57). The van der Waals surface area contributed by atoms with E-state index in [4.69, 9.17) is 26.1 Å². The van der Waals surface area contributed by atoms with Crippen LogP contribution >= 0.6 is 22.9 Å². The molecule has 4 aromatic heterocycles. The lowest BCUT2D eigenvalue weighted by Crippen LogP contribution is -2.51. The Morgan fingerprint density at radius 3 is 2.58 bits per heavy atom. The summed E-state index contributed by atoms with van der Waals surface area (Å²) >= 11 is 7.16. The number of ether oxygens (including phenoxy) is 2. The van der Waals surface area contributed by atoms with Crippen LogP contribution in [-0.2, 0) is 37.0 Å². The van der Waals surface area contributed by atoms with Crippen molar-refractivity contribution in [2.75, 3.05) is 43.0 Å². The number of aromatic nitrogens is 7. The number of nitrogens with zero attached hydrogens (tertiary/aromatic N) is 9. The first kappa shape index (κ1) is 40.8. The Kier molecular flexibility index (Phi) is 10.8. The molecule has 2 aliphatic rings. The third-order valence-corrected chi connectivity index (χ3v) is 12.0. The number of alkyl halides is 3. The van der Waals surface area contributed by atoms with Crippen molar-refractivity contribution in [2.24, 2.45) is 0 Å². The molecule has 1 N–H and O–H groups in total. The number of halogens is 4. The average Bonchev–Trinajstić information content (AvgIpc) is 4.05. The van der Waals surface area contributed by atoms with Gasteiger partial charge in [0.1, 0.15) is 36.4 Å². The summed E-state index contributed by atoms with van der Waals surface area (Å²) in [4.78, 5) is 63.6. The molecule has 62 heavy (non-hydrogen) atoms. The normalized spacial score (nSPS) is 14.0. The van der Waals surface area contributed by atoms with Crippen LogP contribution in [0.3, 0.4) is 0 Å². The highest BCUT2D eigenvalue weighted by atomic mass is 35.5. The summed E-state index contributed by atoms with van der Waals surface area (Å²) in [6.45, 7) is 4.84. The first-order chi connectivity index (χ1) is 29.9. The summed E-state index contributed by atoms with van der Waals surface area (Å²) in [5, 5.41) is 7.00. The molecule has 1 saturated heterocycles. The monoisotopic (exact) mass is 884 g/mol. The molecule has 9 rings (SSSR count). The lowest BCUT2D eigenvalue weighted by Gasteiger charge is -2.36.